The topological polar surface area (TPSA) is 69.4 Å². The fourth-order valence-corrected chi connectivity index (χ4v) is 2.99. The molecule has 2 heterocycles. The van der Waals surface area contributed by atoms with Crippen LogP contribution in [0.3, 0.4) is 0 Å². The van der Waals surface area contributed by atoms with E-state index in [2.05, 4.69) is 16.0 Å². The lowest BCUT2D eigenvalue weighted by molar-refractivity contribution is 0.0396. The third-order valence-electron chi connectivity index (χ3n) is 4.07. The molecule has 1 aliphatic rings. The van der Waals surface area contributed by atoms with Gasteiger partial charge in [-0.05, 0) is 37.6 Å². The van der Waals surface area contributed by atoms with Gasteiger partial charge in [-0.1, -0.05) is 12.1 Å². The van der Waals surface area contributed by atoms with Gasteiger partial charge >= 0.3 is 0 Å². The van der Waals surface area contributed by atoms with Crippen LogP contribution in [0.2, 0.25) is 0 Å². The van der Waals surface area contributed by atoms with Gasteiger partial charge in [0, 0.05) is 18.8 Å². The van der Waals surface area contributed by atoms with Crippen molar-refractivity contribution in [2.45, 2.75) is 20.0 Å². The molecule has 0 unspecified atom stereocenters. The van der Waals surface area contributed by atoms with Gasteiger partial charge in [0.05, 0.1) is 23.6 Å². The zero-order valence-electron chi connectivity index (χ0n) is 13.3. The van der Waals surface area contributed by atoms with Gasteiger partial charge in [0.1, 0.15) is 17.9 Å². The van der Waals surface area contributed by atoms with Crippen molar-refractivity contribution in [2.75, 3.05) is 24.6 Å². The van der Waals surface area contributed by atoms with Gasteiger partial charge in [-0.15, -0.1) is 0 Å². The Morgan fingerprint density at radius 1 is 1.35 bits per heavy atom. The lowest BCUT2D eigenvalue weighted by atomic mass is 10.1. The zero-order chi connectivity index (χ0) is 16.4. The summed E-state index contributed by atoms with van der Waals surface area (Å²) in [7, 11) is 0. The van der Waals surface area contributed by atoms with Gasteiger partial charge in [0.15, 0.2) is 0 Å². The molecule has 0 amide bonds. The van der Waals surface area contributed by atoms with E-state index >= 15 is 0 Å². The smallest absolute Gasteiger partial charge is 0.115 e. The number of hydrogen-bond acceptors (Lipinski definition) is 5. The van der Waals surface area contributed by atoms with Gasteiger partial charge in [0.25, 0.3) is 0 Å². The van der Waals surface area contributed by atoms with Crippen molar-refractivity contribution >= 4 is 5.69 Å². The van der Waals surface area contributed by atoms with Crippen LogP contribution in [-0.2, 0) is 4.74 Å². The number of pyridine rings is 1. The maximum absolute atomic E-state index is 9.66. The molecule has 5 nitrogen and oxygen atoms in total. The molecule has 1 aromatic heterocycles. The fraction of sp³-hybridized carbons (Fsp3) is 0.333. The maximum atomic E-state index is 9.66. The zero-order valence-corrected chi connectivity index (χ0v) is 13.3. The van der Waals surface area contributed by atoms with Crippen molar-refractivity contribution in [1.29, 1.82) is 5.26 Å². The van der Waals surface area contributed by atoms with E-state index in [0.717, 1.165) is 29.2 Å². The van der Waals surface area contributed by atoms with Gasteiger partial charge in [-0.2, -0.15) is 5.26 Å². The van der Waals surface area contributed by atoms with E-state index in [1.54, 1.807) is 12.1 Å². The van der Waals surface area contributed by atoms with Crippen LogP contribution >= 0.6 is 0 Å². The van der Waals surface area contributed by atoms with Crippen LogP contribution in [0, 0.1) is 25.2 Å². The largest absolute Gasteiger partial charge is 0.508 e. The van der Waals surface area contributed by atoms with Crippen LogP contribution in [0.4, 0.5) is 5.69 Å². The third kappa shape index (κ3) is 3.13. The maximum Gasteiger partial charge on any atom is 0.115 e. The molecule has 1 saturated heterocycles. The predicted molar refractivity (Wildman–Crippen MR) is 87.4 cm³/mol. The number of nitriles is 1. The molecule has 0 spiro atoms. The molecule has 0 radical (unpaired) electrons. The van der Waals surface area contributed by atoms with Crippen LogP contribution in [0.1, 0.15) is 28.6 Å². The molecular weight excluding hydrogens is 290 g/mol. The molecule has 1 atom stereocenters. The Hall–Kier alpha value is -2.58. The van der Waals surface area contributed by atoms with Crippen molar-refractivity contribution in [2.24, 2.45) is 0 Å². The number of benzene rings is 1. The van der Waals surface area contributed by atoms with E-state index in [0.29, 0.717) is 18.7 Å². The first-order chi connectivity index (χ1) is 11.1. The summed E-state index contributed by atoms with van der Waals surface area (Å²) in [5.74, 6) is 0.233. The molecule has 1 fully saturated rings. The van der Waals surface area contributed by atoms with Gasteiger partial charge in [0.2, 0.25) is 0 Å². The monoisotopic (exact) mass is 309 g/mol. The van der Waals surface area contributed by atoms with Crippen molar-refractivity contribution in [1.82, 2.24) is 4.98 Å². The summed E-state index contributed by atoms with van der Waals surface area (Å²) < 4.78 is 5.85. The number of aryl methyl sites for hydroxylation is 2. The number of morpholine rings is 1. The SMILES string of the molecule is Cc1cc(N2CCO[C@H](c3cccc(O)c3)C2)c(C#N)c(C)n1. The average Bonchev–Trinajstić information content (AvgIpc) is 2.54. The van der Waals surface area contributed by atoms with Crippen LogP contribution < -0.4 is 4.90 Å². The Kier molecular flexibility index (Phi) is 4.18. The van der Waals surface area contributed by atoms with Gasteiger partial charge < -0.3 is 14.7 Å². The van der Waals surface area contributed by atoms with E-state index in [4.69, 9.17) is 4.74 Å². The summed E-state index contributed by atoms with van der Waals surface area (Å²) in [6.07, 6.45) is -0.129. The molecule has 1 N–H and O–H groups in total. The Labute approximate surface area is 135 Å². The number of phenols is 1. The van der Waals surface area contributed by atoms with E-state index in [1.807, 2.05) is 32.0 Å². The van der Waals surface area contributed by atoms with E-state index in [-0.39, 0.29) is 11.9 Å². The standard InChI is InChI=1S/C18H19N3O2/c1-12-8-17(16(10-19)13(2)20-12)21-6-7-23-18(11-21)14-4-3-5-15(22)9-14/h3-5,8-9,18,22H,6-7,11H2,1-2H3/t18-/m0/s1. The number of anilines is 1. The Balaban J connectivity index is 1.92. The number of rotatable bonds is 2. The molecule has 23 heavy (non-hydrogen) atoms. The second kappa shape index (κ2) is 6.27. The predicted octanol–water partition coefficient (Wildman–Crippen LogP) is 2.85. The van der Waals surface area contributed by atoms with Crippen LogP contribution in [0.25, 0.3) is 0 Å². The second-order valence-electron chi connectivity index (χ2n) is 5.76. The average molecular weight is 309 g/mol. The van der Waals surface area contributed by atoms with E-state index in [9.17, 15) is 10.4 Å². The Bertz CT molecular complexity index is 767. The molecule has 1 aliphatic heterocycles. The minimum absolute atomic E-state index is 0.129. The lowest BCUT2D eigenvalue weighted by Gasteiger charge is -2.35. The number of aromatic hydroxyl groups is 1. The third-order valence-corrected chi connectivity index (χ3v) is 4.07. The van der Waals surface area contributed by atoms with Crippen LogP contribution in [-0.4, -0.2) is 29.8 Å². The molecule has 5 heteroatoms. The minimum atomic E-state index is -0.129. The highest BCUT2D eigenvalue weighted by Gasteiger charge is 2.25. The van der Waals surface area contributed by atoms with Crippen molar-refractivity contribution < 1.29 is 9.84 Å². The second-order valence-corrected chi connectivity index (χ2v) is 5.76. The molecule has 0 aliphatic carbocycles. The minimum Gasteiger partial charge on any atom is -0.508 e. The van der Waals surface area contributed by atoms with Crippen molar-refractivity contribution in [3.05, 3.63) is 52.8 Å². The highest BCUT2D eigenvalue weighted by atomic mass is 16.5. The molecule has 118 valence electrons. The molecule has 2 aromatic rings. The first-order valence-electron chi connectivity index (χ1n) is 7.62. The highest BCUT2D eigenvalue weighted by Crippen LogP contribution is 2.30. The summed E-state index contributed by atoms with van der Waals surface area (Å²) in [4.78, 5) is 6.54. The highest BCUT2D eigenvalue weighted by molar-refractivity contribution is 5.62. The molecule has 0 bridgehead atoms. The number of ether oxygens (including phenoxy) is 1. The summed E-state index contributed by atoms with van der Waals surface area (Å²) >= 11 is 0. The Morgan fingerprint density at radius 2 is 2.17 bits per heavy atom. The molecule has 0 saturated carbocycles. The fourth-order valence-electron chi connectivity index (χ4n) is 2.99. The van der Waals surface area contributed by atoms with Crippen LogP contribution in [0.5, 0.6) is 5.75 Å². The van der Waals surface area contributed by atoms with Gasteiger partial charge in [-0.25, -0.2) is 0 Å². The first-order valence-corrected chi connectivity index (χ1v) is 7.62. The number of phenolic OH excluding ortho intramolecular Hbond substituents is 1. The number of nitrogens with zero attached hydrogens (tertiary/aromatic N) is 3. The van der Waals surface area contributed by atoms with Gasteiger partial charge in [-0.3, -0.25) is 4.98 Å². The normalized spacial score (nSPS) is 17.8. The Morgan fingerprint density at radius 3 is 2.91 bits per heavy atom. The first kappa shape index (κ1) is 15.3. The van der Waals surface area contributed by atoms with E-state index < -0.39 is 0 Å². The summed E-state index contributed by atoms with van der Waals surface area (Å²) in [6, 6.07) is 11.4. The summed E-state index contributed by atoms with van der Waals surface area (Å²) in [6.45, 7) is 5.74. The van der Waals surface area contributed by atoms with Crippen LogP contribution in [0.15, 0.2) is 30.3 Å². The summed E-state index contributed by atoms with van der Waals surface area (Å²) in [5.41, 5.74) is 4.12. The van der Waals surface area contributed by atoms with E-state index in [1.165, 1.54) is 0 Å². The number of hydrogen-bond donors (Lipinski definition) is 1. The molecule has 3 rings (SSSR count). The van der Waals surface area contributed by atoms with Crippen molar-refractivity contribution in [3.63, 3.8) is 0 Å². The lowest BCUT2D eigenvalue weighted by Crippen LogP contribution is -2.39. The molecular formula is C18H19N3O2. The van der Waals surface area contributed by atoms with Crippen molar-refractivity contribution in [3.8, 4) is 11.8 Å². The number of aromatic nitrogens is 1. The quantitative estimate of drug-likeness (QED) is 0.923. The summed E-state index contributed by atoms with van der Waals surface area (Å²) in [5, 5.41) is 19.1. The molecule has 1 aromatic carbocycles.